The number of hydrogen-bond acceptors (Lipinski definition) is 5. The molecule has 1 amide bonds. The number of amides is 1. The quantitative estimate of drug-likeness (QED) is 0.759. The summed E-state index contributed by atoms with van der Waals surface area (Å²) in [7, 11) is 0. The van der Waals surface area contributed by atoms with Crippen molar-refractivity contribution in [3.8, 4) is 22.9 Å². The topological polar surface area (TPSA) is 78.3 Å². The molecule has 0 saturated carbocycles. The molecule has 0 unspecified atom stereocenters. The van der Waals surface area contributed by atoms with Gasteiger partial charge in [0.15, 0.2) is 17.3 Å². The lowest BCUT2D eigenvalue weighted by Gasteiger charge is -2.09. The van der Waals surface area contributed by atoms with Crippen LogP contribution in [0.15, 0.2) is 42.7 Å². The van der Waals surface area contributed by atoms with Crippen LogP contribution < -0.4 is 14.8 Å². The summed E-state index contributed by atoms with van der Waals surface area (Å²) in [6.07, 6.45) is 1.68. The van der Waals surface area contributed by atoms with Crippen LogP contribution in [-0.4, -0.2) is 27.5 Å². The van der Waals surface area contributed by atoms with E-state index in [9.17, 15) is 4.79 Å². The first kappa shape index (κ1) is 16.4. The highest BCUT2D eigenvalue weighted by molar-refractivity contribution is 6.32. The van der Waals surface area contributed by atoms with Crippen LogP contribution in [0, 0.1) is 0 Å². The van der Waals surface area contributed by atoms with E-state index in [1.807, 2.05) is 35.8 Å². The average molecular weight is 371 g/mol. The third-order valence-corrected chi connectivity index (χ3v) is 4.31. The molecule has 0 radical (unpaired) electrons. The van der Waals surface area contributed by atoms with Gasteiger partial charge in [0.2, 0.25) is 6.79 Å². The minimum Gasteiger partial charge on any atom is -0.454 e. The number of benzene rings is 2. The number of rotatable bonds is 4. The average Bonchev–Trinajstić information content (AvgIpc) is 3.31. The van der Waals surface area contributed by atoms with E-state index in [1.54, 1.807) is 18.5 Å². The lowest BCUT2D eigenvalue weighted by molar-refractivity contribution is 0.102. The Bertz CT molecular complexity index is 986. The zero-order valence-corrected chi connectivity index (χ0v) is 14.7. The third kappa shape index (κ3) is 2.97. The van der Waals surface area contributed by atoms with Crippen molar-refractivity contribution < 1.29 is 14.3 Å². The Morgan fingerprint density at radius 3 is 3.04 bits per heavy atom. The number of carbonyl (C=O) groups is 1. The SMILES string of the molecule is CCn1cnnc1-c1cccc(NC(=O)c2cc(Cl)c3c(c2)OCO3)c1. The fraction of sp³-hybridized carbons (Fsp3) is 0.167. The Balaban J connectivity index is 1.59. The highest BCUT2D eigenvalue weighted by Crippen LogP contribution is 2.39. The number of aromatic nitrogens is 3. The molecule has 3 aromatic rings. The van der Waals surface area contributed by atoms with Gasteiger partial charge >= 0.3 is 0 Å². The Hall–Kier alpha value is -3.06. The van der Waals surface area contributed by atoms with Crippen molar-refractivity contribution in [1.29, 1.82) is 0 Å². The molecular formula is C18H15ClN4O3. The van der Waals surface area contributed by atoms with E-state index in [-0.39, 0.29) is 12.7 Å². The number of halogens is 1. The molecule has 8 heteroatoms. The van der Waals surface area contributed by atoms with Gasteiger partial charge in [-0.3, -0.25) is 4.79 Å². The fourth-order valence-electron chi connectivity index (χ4n) is 2.75. The van der Waals surface area contributed by atoms with Crippen molar-refractivity contribution in [2.45, 2.75) is 13.5 Å². The zero-order chi connectivity index (χ0) is 18.1. The molecule has 0 fully saturated rings. The van der Waals surface area contributed by atoms with Crippen LogP contribution >= 0.6 is 11.6 Å². The molecule has 2 aromatic carbocycles. The monoisotopic (exact) mass is 370 g/mol. The number of aryl methyl sites for hydroxylation is 1. The molecule has 132 valence electrons. The summed E-state index contributed by atoms with van der Waals surface area (Å²) < 4.78 is 12.5. The Kier molecular flexibility index (Phi) is 4.22. The third-order valence-electron chi connectivity index (χ3n) is 4.02. The van der Waals surface area contributed by atoms with Crippen LogP contribution in [0.5, 0.6) is 11.5 Å². The predicted octanol–water partition coefficient (Wildman–Crippen LogP) is 3.60. The lowest BCUT2D eigenvalue weighted by atomic mass is 10.1. The largest absolute Gasteiger partial charge is 0.454 e. The molecule has 1 aliphatic rings. The maximum atomic E-state index is 12.6. The first-order chi connectivity index (χ1) is 12.7. The summed E-state index contributed by atoms with van der Waals surface area (Å²) in [6, 6.07) is 10.6. The van der Waals surface area contributed by atoms with Gasteiger partial charge in [-0.25, -0.2) is 0 Å². The van der Waals surface area contributed by atoms with Crippen LogP contribution in [0.1, 0.15) is 17.3 Å². The lowest BCUT2D eigenvalue weighted by Crippen LogP contribution is -2.12. The number of nitrogens with one attached hydrogen (secondary N) is 1. The number of anilines is 1. The van der Waals surface area contributed by atoms with Gasteiger partial charge < -0.3 is 19.4 Å². The number of hydrogen-bond donors (Lipinski definition) is 1. The molecule has 0 spiro atoms. The van der Waals surface area contributed by atoms with Crippen molar-refractivity contribution in [3.63, 3.8) is 0 Å². The molecule has 1 aromatic heterocycles. The highest BCUT2D eigenvalue weighted by atomic mass is 35.5. The van der Waals surface area contributed by atoms with E-state index in [0.29, 0.717) is 27.8 Å². The molecule has 0 saturated heterocycles. The summed E-state index contributed by atoms with van der Waals surface area (Å²) in [4.78, 5) is 12.6. The summed E-state index contributed by atoms with van der Waals surface area (Å²) in [6.45, 7) is 2.87. The van der Waals surface area contributed by atoms with Gasteiger partial charge in [0.05, 0.1) is 5.02 Å². The van der Waals surface area contributed by atoms with Gasteiger partial charge in [-0.15, -0.1) is 10.2 Å². The molecule has 26 heavy (non-hydrogen) atoms. The van der Waals surface area contributed by atoms with Gasteiger partial charge in [0.1, 0.15) is 6.33 Å². The zero-order valence-electron chi connectivity index (χ0n) is 13.9. The van der Waals surface area contributed by atoms with Gasteiger partial charge in [-0.2, -0.15) is 0 Å². The van der Waals surface area contributed by atoms with Crippen molar-refractivity contribution in [1.82, 2.24) is 14.8 Å². The van der Waals surface area contributed by atoms with Gasteiger partial charge in [0, 0.05) is 23.4 Å². The van der Waals surface area contributed by atoms with Gasteiger partial charge in [-0.1, -0.05) is 23.7 Å². The van der Waals surface area contributed by atoms with E-state index >= 15 is 0 Å². The molecule has 0 atom stereocenters. The second-order valence-corrected chi connectivity index (χ2v) is 6.07. The molecule has 4 rings (SSSR count). The minimum absolute atomic E-state index is 0.0975. The Labute approximate surface area is 154 Å². The first-order valence-corrected chi connectivity index (χ1v) is 8.42. The standard InChI is InChI=1S/C18H15ClN4O3/c1-2-23-9-20-22-17(23)11-4-3-5-13(6-11)21-18(24)12-7-14(19)16-15(8-12)25-10-26-16/h3-9H,2,10H2,1H3,(H,21,24). The molecule has 2 heterocycles. The summed E-state index contributed by atoms with van der Waals surface area (Å²) in [5.41, 5.74) is 1.90. The maximum absolute atomic E-state index is 12.6. The number of ether oxygens (including phenoxy) is 2. The molecular weight excluding hydrogens is 356 g/mol. The van der Waals surface area contributed by atoms with Gasteiger partial charge in [0.25, 0.3) is 5.91 Å². The number of nitrogens with zero attached hydrogens (tertiary/aromatic N) is 3. The smallest absolute Gasteiger partial charge is 0.255 e. The molecule has 7 nitrogen and oxygen atoms in total. The second-order valence-electron chi connectivity index (χ2n) is 5.67. The molecule has 1 N–H and O–H groups in total. The van der Waals surface area contributed by atoms with Crippen LogP contribution in [-0.2, 0) is 6.54 Å². The van der Waals surface area contributed by atoms with Crippen molar-refractivity contribution in [3.05, 3.63) is 53.3 Å². The molecule has 1 aliphatic heterocycles. The van der Waals surface area contributed by atoms with E-state index in [4.69, 9.17) is 21.1 Å². The van der Waals surface area contributed by atoms with E-state index < -0.39 is 0 Å². The predicted molar refractivity (Wildman–Crippen MR) is 96.7 cm³/mol. The number of carbonyl (C=O) groups excluding carboxylic acids is 1. The van der Waals surface area contributed by atoms with E-state index in [0.717, 1.165) is 17.9 Å². The highest BCUT2D eigenvalue weighted by Gasteiger charge is 2.21. The summed E-state index contributed by atoms with van der Waals surface area (Å²) >= 11 is 6.15. The summed E-state index contributed by atoms with van der Waals surface area (Å²) in [5, 5.41) is 11.3. The van der Waals surface area contributed by atoms with Crippen molar-refractivity contribution >= 4 is 23.2 Å². The van der Waals surface area contributed by atoms with Crippen LogP contribution in [0.3, 0.4) is 0 Å². The van der Waals surface area contributed by atoms with Crippen molar-refractivity contribution in [2.75, 3.05) is 12.1 Å². The Morgan fingerprint density at radius 1 is 1.31 bits per heavy atom. The van der Waals surface area contributed by atoms with Crippen LogP contribution in [0.25, 0.3) is 11.4 Å². The first-order valence-electron chi connectivity index (χ1n) is 8.04. The normalized spacial score (nSPS) is 12.2. The van der Waals surface area contributed by atoms with Crippen LogP contribution in [0.2, 0.25) is 5.02 Å². The van der Waals surface area contributed by atoms with E-state index in [1.165, 1.54) is 0 Å². The van der Waals surface area contributed by atoms with Crippen LogP contribution in [0.4, 0.5) is 5.69 Å². The molecule has 0 bridgehead atoms. The Morgan fingerprint density at radius 2 is 2.19 bits per heavy atom. The maximum Gasteiger partial charge on any atom is 0.255 e. The van der Waals surface area contributed by atoms with E-state index in [2.05, 4.69) is 15.5 Å². The molecule has 0 aliphatic carbocycles. The van der Waals surface area contributed by atoms with Crippen molar-refractivity contribution in [2.24, 2.45) is 0 Å². The summed E-state index contributed by atoms with van der Waals surface area (Å²) in [5.74, 6) is 1.38. The van der Waals surface area contributed by atoms with Gasteiger partial charge in [-0.05, 0) is 31.2 Å². The second kappa shape index (κ2) is 6.68. The fourth-order valence-corrected chi connectivity index (χ4v) is 3.01. The number of fused-ring (bicyclic) bond motifs is 1. The minimum atomic E-state index is -0.292.